The molecule has 5 heteroatoms. The number of morpholine rings is 1. The van der Waals surface area contributed by atoms with Crippen molar-refractivity contribution in [2.75, 3.05) is 26.3 Å². The first-order chi connectivity index (χ1) is 8.93. The molecule has 0 aromatic heterocycles. The van der Waals surface area contributed by atoms with Gasteiger partial charge in [-0.25, -0.2) is 0 Å². The van der Waals surface area contributed by atoms with Gasteiger partial charge < -0.3 is 15.8 Å². The molecule has 19 heavy (non-hydrogen) atoms. The Balaban J connectivity index is 2.07. The third kappa shape index (κ3) is 3.68. The van der Waals surface area contributed by atoms with Crippen LogP contribution in [0.25, 0.3) is 0 Å². The molecule has 0 aromatic rings. The first kappa shape index (κ1) is 14.8. The van der Waals surface area contributed by atoms with E-state index in [2.05, 4.69) is 31.0 Å². The fourth-order valence-electron chi connectivity index (χ4n) is 2.73. The van der Waals surface area contributed by atoms with Crippen LogP contribution >= 0.6 is 0 Å². The Morgan fingerprint density at radius 3 is 2.68 bits per heavy atom. The van der Waals surface area contributed by atoms with Crippen molar-refractivity contribution in [1.29, 1.82) is 0 Å². The minimum absolute atomic E-state index is 0.0597. The van der Waals surface area contributed by atoms with Gasteiger partial charge in [0.05, 0.1) is 13.2 Å². The first-order valence-electron chi connectivity index (χ1n) is 7.27. The van der Waals surface area contributed by atoms with Gasteiger partial charge in [0, 0.05) is 25.2 Å². The van der Waals surface area contributed by atoms with Crippen LogP contribution in [0.4, 0.5) is 0 Å². The van der Waals surface area contributed by atoms with Gasteiger partial charge in [-0.15, -0.1) is 0 Å². The zero-order valence-electron chi connectivity index (χ0n) is 12.3. The molecule has 2 unspecified atom stereocenters. The maximum atomic E-state index is 12.3. The summed E-state index contributed by atoms with van der Waals surface area (Å²) in [5, 5.41) is 3.08. The maximum absolute atomic E-state index is 12.3. The van der Waals surface area contributed by atoms with Crippen molar-refractivity contribution in [1.82, 2.24) is 10.2 Å². The molecule has 1 aliphatic carbocycles. The molecular formula is C14H27N3O2. The van der Waals surface area contributed by atoms with Gasteiger partial charge in [-0.2, -0.15) is 0 Å². The maximum Gasteiger partial charge on any atom is 0.239 e. The lowest BCUT2D eigenvalue weighted by Gasteiger charge is -2.45. The molecule has 1 amide bonds. The highest BCUT2D eigenvalue weighted by atomic mass is 16.5. The highest BCUT2D eigenvalue weighted by Crippen LogP contribution is 2.27. The minimum atomic E-state index is -0.192. The molecule has 2 rings (SSSR count). The lowest BCUT2D eigenvalue weighted by atomic mass is 9.84. The molecule has 0 bridgehead atoms. The number of carbonyl (C=O) groups excluding carboxylic acids is 1. The van der Waals surface area contributed by atoms with E-state index in [1.165, 1.54) is 0 Å². The summed E-state index contributed by atoms with van der Waals surface area (Å²) in [6.07, 6.45) is 2.22. The average molecular weight is 269 g/mol. The van der Waals surface area contributed by atoms with Gasteiger partial charge in [0.15, 0.2) is 0 Å². The van der Waals surface area contributed by atoms with E-state index in [9.17, 15) is 4.79 Å². The molecule has 0 spiro atoms. The number of nitrogens with zero attached hydrogens (tertiary/aromatic N) is 1. The molecule has 2 fully saturated rings. The quantitative estimate of drug-likeness (QED) is 0.772. The summed E-state index contributed by atoms with van der Waals surface area (Å²) < 4.78 is 5.50. The number of hydrogen-bond donors (Lipinski definition) is 2. The van der Waals surface area contributed by atoms with Crippen molar-refractivity contribution in [2.45, 2.75) is 51.7 Å². The van der Waals surface area contributed by atoms with Crippen LogP contribution in [-0.2, 0) is 9.53 Å². The van der Waals surface area contributed by atoms with E-state index < -0.39 is 0 Å². The normalized spacial score (nSPS) is 27.1. The van der Waals surface area contributed by atoms with Crippen molar-refractivity contribution in [3.05, 3.63) is 0 Å². The minimum Gasteiger partial charge on any atom is -0.378 e. The zero-order chi connectivity index (χ0) is 14.0. The molecule has 1 heterocycles. The van der Waals surface area contributed by atoms with Gasteiger partial charge in [-0.1, -0.05) is 20.8 Å². The third-order valence-corrected chi connectivity index (χ3v) is 4.02. The average Bonchev–Trinajstić information content (AvgIpc) is 3.12. The van der Waals surface area contributed by atoms with Crippen molar-refractivity contribution in [3.63, 3.8) is 0 Å². The topological polar surface area (TPSA) is 67.6 Å². The van der Waals surface area contributed by atoms with Crippen molar-refractivity contribution in [2.24, 2.45) is 11.1 Å². The Morgan fingerprint density at radius 2 is 2.16 bits per heavy atom. The van der Waals surface area contributed by atoms with E-state index >= 15 is 0 Å². The van der Waals surface area contributed by atoms with E-state index in [1.807, 2.05) is 0 Å². The monoisotopic (exact) mass is 269 g/mol. The zero-order valence-corrected chi connectivity index (χ0v) is 12.3. The first-order valence-corrected chi connectivity index (χ1v) is 7.27. The smallest absolute Gasteiger partial charge is 0.239 e. The van der Waals surface area contributed by atoms with E-state index in [4.69, 9.17) is 10.5 Å². The van der Waals surface area contributed by atoms with Crippen LogP contribution in [-0.4, -0.2) is 55.2 Å². The molecule has 1 saturated carbocycles. The molecule has 3 N–H and O–H groups in total. The molecule has 1 aliphatic heterocycles. The van der Waals surface area contributed by atoms with Crippen LogP contribution in [0.2, 0.25) is 0 Å². The fourth-order valence-corrected chi connectivity index (χ4v) is 2.73. The summed E-state index contributed by atoms with van der Waals surface area (Å²) in [7, 11) is 0. The summed E-state index contributed by atoms with van der Waals surface area (Å²) >= 11 is 0. The van der Waals surface area contributed by atoms with Gasteiger partial charge in [-0.05, 0) is 18.3 Å². The Bertz CT molecular complexity index is 323. The van der Waals surface area contributed by atoms with E-state index in [0.717, 1.165) is 19.4 Å². The third-order valence-electron chi connectivity index (χ3n) is 4.02. The van der Waals surface area contributed by atoms with Gasteiger partial charge in [-0.3, -0.25) is 9.69 Å². The number of carbonyl (C=O) groups is 1. The van der Waals surface area contributed by atoms with Gasteiger partial charge in [0.25, 0.3) is 0 Å². The molecular weight excluding hydrogens is 242 g/mol. The largest absolute Gasteiger partial charge is 0.378 e. The number of rotatable bonds is 4. The van der Waals surface area contributed by atoms with Crippen LogP contribution in [0.15, 0.2) is 0 Å². The number of nitrogens with one attached hydrogen (secondary N) is 1. The Hall–Kier alpha value is -0.650. The summed E-state index contributed by atoms with van der Waals surface area (Å²) in [4.78, 5) is 14.6. The summed E-state index contributed by atoms with van der Waals surface area (Å²) in [6, 6.07) is 0.399. The molecule has 110 valence electrons. The van der Waals surface area contributed by atoms with Crippen LogP contribution in [0.1, 0.15) is 33.6 Å². The number of hydrogen-bond acceptors (Lipinski definition) is 4. The van der Waals surface area contributed by atoms with Crippen molar-refractivity contribution >= 4 is 5.91 Å². The second kappa shape index (κ2) is 5.77. The summed E-state index contributed by atoms with van der Waals surface area (Å²) in [5.74, 6) is 0.102. The molecule has 1 saturated heterocycles. The Morgan fingerprint density at radius 1 is 1.47 bits per heavy atom. The van der Waals surface area contributed by atoms with Gasteiger partial charge >= 0.3 is 0 Å². The second-order valence-electron chi connectivity index (χ2n) is 6.73. The van der Waals surface area contributed by atoms with Crippen LogP contribution in [0.5, 0.6) is 0 Å². The van der Waals surface area contributed by atoms with E-state index in [1.54, 1.807) is 0 Å². The van der Waals surface area contributed by atoms with E-state index in [-0.39, 0.29) is 23.4 Å². The van der Waals surface area contributed by atoms with E-state index in [0.29, 0.717) is 25.8 Å². The lowest BCUT2D eigenvalue weighted by molar-refractivity contribution is -0.136. The molecule has 0 aromatic carbocycles. The highest BCUT2D eigenvalue weighted by molar-refractivity contribution is 5.82. The van der Waals surface area contributed by atoms with Crippen molar-refractivity contribution < 1.29 is 9.53 Å². The van der Waals surface area contributed by atoms with Gasteiger partial charge in [0.1, 0.15) is 6.04 Å². The summed E-state index contributed by atoms with van der Waals surface area (Å²) in [6.45, 7) is 9.03. The SMILES string of the molecule is CC(C)(C)C(CN)N1CCOCC1C(=O)NC1CC1. The van der Waals surface area contributed by atoms with Crippen LogP contribution in [0.3, 0.4) is 0 Å². The second-order valence-corrected chi connectivity index (χ2v) is 6.73. The lowest BCUT2D eigenvalue weighted by Crippen LogP contribution is -2.62. The molecule has 0 radical (unpaired) electrons. The number of amides is 1. The Kier molecular flexibility index (Phi) is 4.48. The predicted octanol–water partition coefficient (Wildman–Crippen LogP) is 0.339. The number of nitrogens with two attached hydrogens (primary N) is 1. The van der Waals surface area contributed by atoms with Crippen LogP contribution in [0, 0.1) is 5.41 Å². The standard InChI is InChI=1S/C14H27N3O2/c1-14(2,3)12(8-15)17-6-7-19-9-11(17)13(18)16-10-4-5-10/h10-12H,4-9,15H2,1-3H3,(H,16,18). The molecule has 5 nitrogen and oxygen atoms in total. The predicted molar refractivity (Wildman–Crippen MR) is 74.8 cm³/mol. The fraction of sp³-hybridized carbons (Fsp3) is 0.929. The molecule has 2 aliphatic rings. The van der Waals surface area contributed by atoms with Crippen LogP contribution < -0.4 is 11.1 Å². The highest BCUT2D eigenvalue weighted by Gasteiger charge is 2.39. The Labute approximate surface area is 115 Å². The summed E-state index contributed by atoms with van der Waals surface area (Å²) in [5.41, 5.74) is 6.01. The number of ether oxygens (including phenoxy) is 1. The van der Waals surface area contributed by atoms with Gasteiger partial charge in [0.2, 0.25) is 5.91 Å². The van der Waals surface area contributed by atoms with Crippen molar-refractivity contribution in [3.8, 4) is 0 Å². The molecule has 2 atom stereocenters.